The van der Waals surface area contributed by atoms with Crippen molar-refractivity contribution in [2.24, 2.45) is 5.92 Å². The van der Waals surface area contributed by atoms with Crippen molar-refractivity contribution in [1.82, 2.24) is 15.5 Å². The summed E-state index contributed by atoms with van der Waals surface area (Å²) in [5.41, 5.74) is 1.18. The molecule has 1 aliphatic carbocycles. The molecule has 0 saturated heterocycles. The van der Waals surface area contributed by atoms with Crippen LogP contribution in [-0.4, -0.2) is 36.0 Å². The molecule has 6 heteroatoms. The van der Waals surface area contributed by atoms with Crippen molar-refractivity contribution < 1.29 is 9.59 Å². The molecule has 5 nitrogen and oxygen atoms in total. The van der Waals surface area contributed by atoms with Gasteiger partial charge < -0.3 is 5.32 Å². The first-order valence-corrected chi connectivity index (χ1v) is 10.4. The summed E-state index contributed by atoms with van der Waals surface area (Å²) in [7, 11) is 0. The van der Waals surface area contributed by atoms with E-state index in [1.54, 1.807) is 11.3 Å². The molecular formula is C21H27N3O2S. The minimum Gasteiger partial charge on any atom is -0.337 e. The van der Waals surface area contributed by atoms with Crippen molar-refractivity contribution in [3.63, 3.8) is 0 Å². The Kier molecular flexibility index (Phi) is 7.01. The Labute approximate surface area is 164 Å². The lowest BCUT2D eigenvalue weighted by Gasteiger charge is -2.28. The van der Waals surface area contributed by atoms with Crippen LogP contribution in [-0.2, 0) is 17.8 Å². The molecule has 1 saturated carbocycles. The predicted octanol–water partition coefficient (Wildman–Crippen LogP) is 3.42. The minimum atomic E-state index is -0.421. The van der Waals surface area contributed by atoms with Crippen molar-refractivity contribution in [1.29, 1.82) is 0 Å². The van der Waals surface area contributed by atoms with Crippen LogP contribution in [0.4, 0.5) is 4.79 Å². The van der Waals surface area contributed by atoms with Gasteiger partial charge in [0.05, 0.1) is 6.54 Å². The van der Waals surface area contributed by atoms with Gasteiger partial charge in [-0.1, -0.05) is 36.4 Å². The first-order chi connectivity index (χ1) is 13.1. The summed E-state index contributed by atoms with van der Waals surface area (Å²) in [5, 5.41) is 7.23. The SMILES string of the molecule is CC(C1CC1)N(CC(=O)NC(=O)NCCc1cccs1)Cc1ccccc1. The molecular weight excluding hydrogens is 358 g/mol. The Morgan fingerprint density at radius 3 is 2.63 bits per heavy atom. The van der Waals surface area contributed by atoms with E-state index in [0.29, 0.717) is 25.0 Å². The van der Waals surface area contributed by atoms with E-state index >= 15 is 0 Å². The van der Waals surface area contributed by atoms with Crippen LogP contribution in [0.3, 0.4) is 0 Å². The van der Waals surface area contributed by atoms with Crippen molar-refractivity contribution in [3.05, 3.63) is 58.3 Å². The van der Waals surface area contributed by atoms with Crippen molar-refractivity contribution >= 4 is 23.3 Å². The summed E-state index contributed by atoms with van der Waals surface area (Å²) in [5.74, 6) is 0.396. The summed E-state index contributed by atoms with van der Waals surface area (Å²) in [6.07, 6.45) is 3.21. The fourth-order valence-corrected chi connectivity index (χ4v) is 3.90. The van der Waals surface area contributed by atoms with E-state index in [1.807, 2.05) is 35.7 Å². The average Bonchev–Trinajstić information content (AvgIpc) is 3.38. The van der Waals surface area contributed by atoms with Gasteiger partial charge >= 0.3 is 6.03 Å². The van der Waals surface area contributed by atoms with E-state index in [1.165, 1.54) is 23.3 Å². The maximum absolute atomic E-state index is 12.4. The van der Waals surface area contributed by atoms with Crippen LogP contribution >= 0.6 is 11.3 Å². The Hall–Kier alpha value is -2.18. The normalized spacial score (nSPS) is 14.7. The van der Waals surface area contributed by atoms with Gasteiger partial charge in [-0.05, 0) is 49.1 Å². The number of thiophene rings is 1. The lowest BCUT2D eigenvalue weighted by Crippen LogP contribution is -2.47. The summed E-state index contributed by atoms with van der Waals surface area (Å²) >= 11 is 1.66. The molecule has 0 radical (unpaired) electrons. The van der Waals surface area contributed by atoms with E-state index in [9.17, 15) is 9.59 Å². The third-order valence-electron chi connectivity index (χ3n) is 4.95. The Bertz CT molecular complexity index is 729. The monoisotopic (exact) mass is 385 g/mol. The standard InChI is InChI=1S/C21H27N3O2S/c1-16(18-9-10-18)24(14-17-6-3-2-4-7-17)15-20(25)23-21(26)22-12-11-19-8-5-13-27-19/h2-8,13,16,18H,9-12,14-15H2,1H3,(H2,22,23,25,26). The number of nitrogens with zero attached hydrogens (tertiary/aromatic N) is 1. The second-order valence-corrected chi connectivity index (χ2v) is 8.13. The number of rotatable bonds is 9. The maximum atomic E-state index is 12.4. The van der Waals surface area contributed by atoms with Crippen LogP contribution in [0.15, 0.2) is 47.8 Å². The predicted molar refractivity (Wildman–Crippen MR) is 109 cm³/mol. The molecule has 0 spiro atoms. The first-order valence-electron chi connectivity index (χ1n) is 9.50. The molecule has 1 aromatic carbocycles. The van der Waals surface area contributed by atoms with E-state index in [0.717, 1.165) is 6.42 Å². The number of benzene rings is 1. The van der Waals surface area contributed by atoms with Crippen LogP contribution in [0.25, 0.3) is 0 Å². The first kappa shape index (κ1) is 19.6. The van der Waals surface area contributed by atoms with Crippen molar-refractivity contribution in [2.75, 3.05) is 13.1 Å². The number of hydrogen-bond donors (Lipinski definition) is 2. The molecule has 1 heterocycles. The summed E-state index contributed by atoms with van der Waals surface area (Å²) in [4.78, 5) is 27.7. The molecule has 1 fully saturated rings. The summed E-state index contributed by atoms with van der Waals surface area (Å²) in [6.45, 7) is 3.64. The lowest BCUT2D eigenvalue weighted by atomic mass is 10.1. The zero-order chi connectivity index (χ0) is 19.1. The van der Waals surface area contributed by atoms with Gasteiger partial charge in [0.2, 0.25) is 5.91 Å². The Morgan fingerprint density at radius 1 is 1.19 bits per heavy atom. The van der Waals surface area contributed by atoms with Gasteiger partial charge in [0, 0.05) is 24.0 Å². The summed E-state index contributed by atoms with van der Waals surface area (Å²) in [6, 6.07) is 14.1. The second-order valence-electron chi connectivity index (χ2n) is 7.10. The number of carbonyl (C=O) groups excluding carboxylic acids is 2. The van der Waals surface area contributed by atoms with Gasteiger partial charge in [-0.2, -0.15) is 0 Å². The highest BCUT2D eigenvalue weighted by Crippen LogP contribution is 2.35. The van der Waals surface area contributed by atoms with E-state index in [2.05, 4.69) is 34.6 Å². The third kappa shape index (κ3) is 6.48. The number of urea groups is 1. The molecule has 1 aromatic heterocycles. The number of nitrogens with one attached hydrogen (secondary N) is 2. The number of amides is 3. The van der Waals surface area contributed by atoms with Gasteiger partial charge in [-0.3, -0.25) is 15.0 Å². The van der Waals surface area contributed by atoms with E-state index in [4.69, 9.17) is 0 Å². The molecule has 27 heavy (non-hydrogen) atoms. The zero-order valence-electron chi connectivity index (χ0n) is 15.7. The highest BCUT2D eigenvalue weighted by Gasteiger charge is 2.32. The van der Waals surface area contributed by atoms with Crippen LogP contribution in [0, 0.1) is 5.92 Å². The van der Waals surface area contributed by atoms with Gasteiger partial charge in [0.1, 0.15) is 0 Å². The molecule has 0 aliphatic heterocycles. The van der Waals surface area contributed by atoms with Gasteiger partial charge in [-0.15, -0.1) is 11.3 Å². The molecule has 2 aromatic rings. The highest BCUT2D eigenvalue weighted by atomic mass is 32.1. The smallest absolute Gasteiger partial charge is 0.321 e. The van der Waals surface area contributed by atoms with Crippen LogP contribution in [0.1, 0.15) is 30.2 Å². The largest absolute Gasteiger partial charge is 0.337 e. The fourth-order valence-electron chi connectivity index (χ4n) is 3.19. The molecule has 3 amide bonds. The maximum Gasteiger partial charge on any atom is 0.321 e. The molecule has 0 bridgehead atoms. The fraction of sp³-hybridized carbons (Fsp3) is 0.429. The number of imide groups is 1. The average molecular weight is 386 g/mol. The number of carbonyl (C=O) groups is 2. The van der Waals surface area contributed by atoms with Gasteiger partial charge in [0.25, 0.3) is 0 Å². The van der Waals surface area contributed by atoms with Crippen LogP contribution in [0.2, 0.25) is 0 Å². The Balaban J connectivity index is 1.47. The van der Waals surface area contributed by atoms with Gasteiger partial charge in [0.15, 0.2) is 0 Å². The Morgan fingerprint density at radius 2 is 1.96 bits per heavy atom. The highest BCUT2D eigenvalue weighted by molar-refractivity contribution is 7.09. The third-order valence-corrected chi connectivity index (χ3v) is 5.88. The molecule has 1 aliphatic rings. The zero-order valence-corrected chi connectivity index (χ0v) is 16.5. The molecule has 1 unspecified atom stereocenters. The minimum absolute atomic E-state index is 0.227. The van der Waals surface area contributed by atoms with Crippen LogP contribution < -0.4 is 10.6 Å². The van der Waals surface area contributed by atoms with Crippen LogP contribution in [0.5, 0.6) is 0 Å². The van der Waals surface area contributed by atoms with Crippen molar-refractivity contribution in [2.45, 2.75) is 38.8 Å². The van der Waals surface area contributed by atoms with Gasteiger partial charge in [-0.25, -0.2) is 4.79 Å². The number of hydrogen-bond acceptors (Lipinski definition) is 4. The lowest BCUT2D eigenvalue weighted by molar-refractivity contribution is -0.121. The summed E-state index contributed by atoms with van der Waals surface area (Å²) < 4.78 is 0. The molecule has 144 valence electrons. The van der Waals surface area contributed by atoms with E-state index in [-0.39, 0.29) is 12.5 Å². The van der Waals surface area contributed by atoms with E-state index < -0.39 is 6.03 Å². The van der Waals surface area contributed by atoms with Crippen molar-refractivity contribution in [3.8, 4) is 0 Å². The molecule has 3 rings (SSSR count). The second kappa shape index (κ2) is 9.67. The molecule has 2 N–H and O–H groups in total. The topological polar surface area (TPSA) is 61.4 Å². The quantitative estimate of drug-likeness (QED) is 0.695. The molecule has 1 atom stereocenters.